The summed E-state index contributed by atoms with van der Waals surface area (Å²) in [7, 11) is 0. The van der Waals surface area contributed by atoms with Crippen LogP contribution in [0.4, 0.5) is 15.6 Å². The standard InChI is InChI=1S/C17H20N4O2S/c1-12-6-7-18-14(10-12)19-16(22)13-4-2-8-21(11-13)17(23)20-15-5-3-9-24-15/h3,5-7,9-10,13H,2,4,8,11H2,1H3,(H,20,23)(H,18,19,22). The number of hydrogen-bond acceptors (Lipinski definition) is 4. The number of carbonyl (C=O) groups is 2. The molecule has 2 aromatic rings. The molecule has 24 heavy (non-hydrogen) atoms. The van der Waals surface area contributed by atoms with Crippen LogP contribution in [0.3, 0.4) is 0 Å². The van der Waals surface area contributed by atoms with Crippen LogP contribution in [-0.2, 0) is 4.79 Å². The first kappa shape index (κ1) is 16.4. The lowest BCUT2D eigenvalue weighted by atomic mass is 9.97. The number of hydrogen-bond donors (Lipinski definition) is 2. The fraction of sp³-hybridized carbons (Fsp3) is 0.353. The van der Waals surface area contributed by atoms with Crippen LogP contribution in [0.15, 0.2) is 35.8 Å². The third kappa shape index (κ3) is 4.11. The Morgan fingerprint density at radius 1 is 1.33 bits per heavy atom. The van der Waals surface area contributed by atoms with Gasteiger partial charge in [0.05, 0.1) is 10.9 Å². The van der Waals surface area contributed by atoms with Crippen molar-refractivity contribution in [2.24, 2.45) is 5.92 Å². The molecule has 6 nitrogen and oxygen atoms in total. The fourth-order valence-electron chi connectivity index (χ4n) is 2.74. The number of nitrogens with one attached hydrogen (secondary N) is 2. The highest BCUT2D eigenvalue weighted by Gasteiger charge is 2.28. The van der Waals surface area contributed by atoms with Crippen molar-refractivity contribution in [2.45, 2.75) is 19.8 Å². The summed E-state index contributed by atoms with van der Waals surface area (Å²) in [5, 5.41) is 8.45. The molecule has 0 aliphatic carbocycles. The lowest BCUT2D eigenvalue weighted by Gasteiger charge is -2.31. The lowest BCUT2D eigenvalue weighted by Crippen LogP contribution is -2.45. The summed E-state index contributed by atoms with van der Waals surface area (Å²) in [5.41, 5.74) is 1.04. The molecule has 1 fully saturated rings. The highest BCUT2D eigenvalue weighted by atomic mass is 32.1. The van der Waals surface area contributed by atoms with Gasteiger partial charge in [-0.3, -0.25) is 10.1 Å². The van der Waals surface area contributed by atoms with Gasteiger partial charge < -0.3 is 10.2 Å². The molecule has 3 heterocycles. The van der Waals surface area contributed by atoms with Gasteiger partial charge in [0.1, 0.15) is 5.82 Å². The molecule has 1 unspecified atom stereocenters. The van der Waals surface area contributed by atoms with E-state index in [1.165, 1.54) is 11.3 Å². The highest BCUT2D eigenvalue weighted by molar-refractivity contribution is 7.14. The minimum absolute atomic E-state index is 0.0817. The second-order valence-corrected chi connectivity index (χ2v) is 6.85. The van der Waals surface area contributed by atoms with Gasteiger partial charge in [-0.2, -0.15) is 0 Å². The summed E-state index contributed by atoms with van der Waals surface area (Å²) in [6.07, 6.45) is 3.27. The molecule has 1 saturated heterocycles. The van der Waals surface area contributed by atoms with Gasteiger partial charge >= 0.3 is 6.03 Å². The average Bonchev–Trinajstić information content (AvgIpc) is 3.08. The number of amides is 3. The molecule has 2 N–H and O–H groups in total. The van der Waals surface area contributed by atoms with Crippen LogP contribution < -0.4 is 10.6 Å². The Labute approximate surface area is 144 Å². The quantitative estimate of drug-likeness (QED) is 0.897. The molecule has 126 valence electrons. The van der Waals surface area contributed by atoms with Gasteiger partial charge in [0, 0.05) is 19.3 Å². The van der Waals surface area contributed by atoms with E-state index in [2.05, 4.69) is 15.6 Å². The Kier molecular flexibility index (Phi) is 5.10. The number of piperidine rings is 1. The Morgan fingerprint density at radius 2 is 2.21 bits per heavy atom. The van der Waals surface area contributed by atoms with Crippen molar-refractivity contribution in [3.05, 3.63) is 41.4 Å². The van der Waals surface area contributed by atoms with Crippen molar-refractivity contribution < 1.29 is 9.59 Å². The van der Waals surface area contributed by atoms with E-state index >= 15 is 0 Å². The van der Waals surface area contributed by atoms with Gasteiger partial charge in [0.25, 0.3) is 0 Å². The molecule has 0 bridgehead atoms. The maximum atomic E-state index is 12.5. The minimum Gasteiger partial charge on any atom is -0.324 e. The molecule has 0 radical (unpaired) electrons. The van der Waals surface area contributed by atoms with E-state index in [-0.39, 0.29) is 17.9 Å². The number of nitrogens with zero attached hydrogens (tertiary/aromatic N) is 2. The van der Waals surface area contributed by atoms with Gasteiger partial charge in [-0.25, -0.2) is 9.78 Å². The summed E-state index contributed by atoms with van der Waals surface area (Å²) in [4.78, 5) is 30.6. The molecule has 3 amide bonds. The minimum atomic E-state index is -0.213. The first-order chi connectivity index (χ1) is 11.6. The van der Waals surface area contributed by atoms with Crippen molar-refractivity contribution in [2.75, 3.05) is 23.7 Å². The topological polar surface area (TPSA) is 74.3 Å². The molecule has 3 rings (SSSR count). The Morgan fingerprint density at radius 3 is 2.96 bits per heavy atom. The summed E-state index contributed by atoms with van der Waals surface area (Å²) < 4.78 is 0. The third-order valence-corrected chi connectivity index (χ3v) is 4.78. The molecule has 0 spiro atoms. The zero-order valence-corrected chi connectivity index (χ0v) is 14.3. The van der Waals surface area contributed by atoms with Crippen molar-refractivity contribution in [3.8, 4) is 0 Å². The number of aryl methyl sites for hydroxylation is 1. The number of rotatable bonds is 3. The van der Waals surface area contributed by atoms with Crippen LogP contribution in [0.25, 0.3) is 0 Å². The SMILES string of the molecule is Cc1ccnc(NC(=O)C2CCCN(C(=O)Nc3cccs3)C2)c1. The number of likely N-dealkylation sites (tertiary alicyclic amines) is 1. The molecule has 1 atom stereocenters. The van der Waals surface area contributed by atoms with Crippen molar-refractivity contribution in [1.29, 1.82) is 0 Å². The molecule has 1 aliphatic heterocycles. The third-order valence-electron chi connectivity index (χ3n) is 4.00. The van der Waals surface area contributed by atoms with Crippen LogP contribution in [-0.4, -0.2) is 34.9 Å². The molecular weight excluding hydrogens is 324 g/mol. The Balaban J connectivity index is 1.58. The van der Waals surface area contributed by atoms with Crippen LogP contribution in [0.5, 0.6) is 0 Å². The number of pyridine rings is 1. The monoisotopic (exact) mass is 344 g/mol. The maximum absolute atomic E-state index is 12.5. The number of anilines is 2. The van der Waals surface area contributed by atoms with Gasteiger partial charge in [0.2, 0.25) is 5.91 Å². The summed E-state index contributed by atoms with van der Waals surface area (Å²) in [6, 6.07) is 7.32. The number of urea groups is 1. The normalized spacial score (nSPS) is 17.4. The van der Waals surface area contributed by atoms with Crippen molar-refractivity contribution >= 4 is 34.1 Å². The number of aromatic nitrogens is 1. The number of thiophene rings is 1. The Hall–Kier alpha value is -2.41. The fourth-order valence-corrected chi connectivity index (χ4v) is 3.35. The largest absolute Gasteiger partial charge is 0.324 e. The van der Waals surface area contributed by atoms with Crippen LogP contribution >= 0.6 is 11.3 Å². The molecular formula is C17H20N4O2S. The average molecular weight is 344 g/mol. The smallest absolute Gasteiger partial charge is 0.322 e. The van der Waals surface area contributed by atoms with Crippen LogP contribution in [0.2, 0.25) is 0 Å². The van der Waals surface area contributed by atoms with E-state index in [9.17, 15) is 9.59 Å². The first-order valence-corrected chi connectivity index (χ1v) is 8.83. The zero-order chi connectivity index (χ0) is 16.9. The predicted molar refractivity (Wildman–Crippen MR) is 95.2 cm³/mol. The van der Waals surface area contributed by atoms with Gasteiger partial charge in [-0.1, -0.05) is 0 Å². The first-order valence-electron chi connectivity index (χ1n) is 7.95. The zero-order valence-electron chi connectivity index (χ0n) is 13.5. The number of carbonyl (C=O) groups excluding carboxylic acids is 2. The van der Waals surface area contributed by atoms with Gasteiger partial charge in [0.15, 0.2) is 0 Å². The van der Waals surface area contributed by atoms with E-state index < -0.39 is 0 Å². The van der Waals surface area contributed by atoms with Gasteiger partial charge in [-0.15, -0.1) is 11.3 Å². The highest BCUT2D eigenvalue weighted by Crippen LogP contribution is 2.21. The lowest BCUT2D eigenvalue weighted by molar-refractivity contribution is -0.121. The molecule has 0 aromatic carbocycles. The second-order valence-electron chi connectivity index (χ2n) is 5.90. The van der Waals surface area contributed by atoms with E-state index in [0.29, 0.717) is 18.9 Å². The summed E-state index contributed by atoms with van der Waals surface area (Å²) in [6.45, 7) is 3.05. The van der Waals surface area contributed by atoms with E-state index in [4.69, 9.17) is 0 Å². The Bertz CT molecular complexity index is 717. The molecule has 2 aromatic heterocycles. The van der Waals surface area contributed by atoms with Crippen LogP contribution in [0, 0.1) is 12.8 Å². The van der Waals surface area contributed by atoms with Gasteiger partial charge in [-0.05, 0) is 55.0 Å². The summed E-state index contributed by atoms with van der Waals surface area (Å²) in [5.74, 6) is 0.261. The van der Waals surface area contributed by atoms with E-state index in [1.807, 2.05) is 36.6 Å². The molecule has 0 saturated carbocycles. The summed E-state index contributed by atoms with van der Waals surface area (Å²) >= 11 is 1.48. The van der Waals surface area contributed by atoms with Crippen LogP contribution in [0.1, 0.15) is 18.4 Å². The second kappa shape index (κ2) is 7.44. The maximum Gasteiger partial charge on any atom is 0.322 e. The van der Waals surface area contributed by atoms with Crippen molar-refractivity contribution in [1.82, 2.24) is 9.88 Å². The van der Waals surface area contributed by atoms with E-state index in [0.717, 1.165) is 23.4 Å². The van der Waals surface area contributed by atoms with E-state index in [1.54, 1.807) is 11.1 Å². The molecule has 1 aliphatic rings. The molecule has 7 heteroatoms. The van der Waals surface area contributed by atoms with Crippen molar-refractivity contribution in [3.63, 3.8) is 0 Å². The predicted octanol–water partition coefficient (Wildman–Crippen LogP) is 3.33.